The number of nitrogens with zero attached hydrogens (tertiary/aromatic N) is 6. The van der Waals surface area contributed by atoms with Crippen LogP contribution in [0.5, 0.6) is 0 Å². The third kappa shape index (κ3) is 2.50. The van der Waals surface area contributed by atoms with E-state index in [-0.39, 0.29) is 0 Å². The molecular formula is C20H22N6. The van der Waals surface area contributed by atoms with Crippen LogP contribution in [-0.4, -0.2) is 41.1 Å². The first kappa shape index (κ1) is 15.6. The van der Waals surface area contributed by atoms with Gasteiger partial charge in [-0.15, -0.1) is 0 Å². The first-order chi connectivity index (χ1) is 12.7. The molecule has 0 radical (unpaired) electrons. The summed E-state index contributed by atoms with van der Waals surface area (Å²) in [6.07, 6.45) is 5.27. The van der Waals surface area contributed by atoms with Gasteiger partial charge in [-0.1, -0.05) is 0 Å². The van der Waals surface area contributed by atoms with Gasteiger partial charge in [0, 0.05) is 49.3 Å². The molecule has 0 amide bonds. The standard InChI is InChI=1S/C20H22N6/c1-13-23-19-4-2-3-18(19)20(24-13)26-11-14-9-25(10-15(14)12-26)17-6-5-16(7-21)22-8-17/h5-6,8,14-15H,2-4,9-12H2,1H3. The topological polar surface area (TPSA) is 68.9 Å². The molecule has 6 heteroatoms. The van der Waals surface area contributed by atoms with Crippen LogP contribution in [-0.2, 0) is 12.8 Å². The Morgan fingerprint density at radius 2 is 1.81 bits per heavy atom. The molecule has 3 aliphatic rings. The van der Waals surface area contributed by atoms with Gasteiger partial charge in [-0.05, 0) is 38.3 Å². The maximum atomic E-state index is 8.91. The summed E-state index contributed by atoms with van der Waals surface area (Å²) in [6, 6.07) is 5.91. The van der Waals surface area contributed by atoms with Crippen molar-refractivity contribution < 1.29 is 0 Å². The molecule has 0 aromatic carbocycles. The Kier molecular flexibility index (Phi) is 3.56. The molecule has 2 saturated heterocycles. The van der Waals surface area contributed by atoms with Crippen molar-refractivity contribution >= 4 is 11.5 Å². The van der Waals surface area contributed by atoms with E-state index >= 15 is 0 Å². The Bertz CT molecular complexity index is 870. The zero-order valence-electron chi connectivity index (χ0n) is 15.0. The monoisotopic (exact) mass is 346 g/mol. The third-order valence-electron chi connectivity index (χ3n) is 6.04. The van der Waals surface area contributed by atoms with E-state index in [1.165, 1.54) is 23.5 Å². The van der Waals surface area contributed by atoms with E-state index in [1.54, 1.807) is 0 Å². The molecule has 5 rings (SSSR count). The van der Waals surface area contributed by atoms with Gasteiger partial charge in [0.05, 0.1) is 11.9 Å². The van der Waals surface area contributed by atoms with Gasteiger partial charge in [-0.25, -0.2) is 15.0 Å². The van der Waals surface area contributed by atoms with E-state index in [4.69, 9.17) is 10.2 Å². The zero-order chi connectivity index (χ0) is 17.7. The highest BCUT2D eigenvalue weighted by Crippen LogP contribution is 2.38. The number of anilines is 2. The average Bonchev–Trinajstić information content (AvgIpc) is 3.35. The molecule has 0 bridgehead atoms. The van der Waals surface area contributed by atoms with Crippen LogP contribution >= 0.6 is 0 Å². The predicted octanol–water partition coefficient (Wildman–Crippen LogP) is 2.11. The van der Waals surface area contributed by atoms with Gasteiger partial charge in [-0.3, -0.25) is 0 Å². The molecule has 4 heterocycles. The molecule has 0 N–H and O–H groups in total. The number of rotatable bonds is 2. The molecule has 2 aromatic rings. The summed E-state index contributed by atoms with van der Waals surface area (Å²) in [7, 11) is 0. The van der Waals surface area contributed by atoms with Gasteiger partial charge in [0.2, 0.25) is 0 Å². The number of hydrogen-bond donors (Lipinski definition) is 0. The van der Waals surface area contributed by atoms with E-state index in [2.05, 4.69) is 25.8 Å². The molecule has 26 heavy (non-hydrogen) atoms. The first-order valence-corrected chi connectivity index (χ1v) is 9.43. The Morgan fingerprint density at radius 1 is 1.04 bits per heavy atom. The highest BCUT2D eigenvalue weighted by molar-refractivity contribution is 5.54. The van der Waals surface area contributed by atoms with Gasteiger partial charge in [-0.2, -0.15) is 5.26 Å². The van der Waals surface area contributed by atoms with Gasteiger partial charge < -0.3 is 9.80 Å². The molecule has 132 valence electrons. The van der Waals surface area contributed by atoms with Gasteiger partial charge in [0.15, 0.2) is 0 Å². The number of aryl methyl sites for hydroxylation is 2. The quantitative estimate of drug-likeness (QED) is 0.830. The van der Waals surface area contributed by atoms with Crippen LogP contribution < -0.4 is 9.80 Å². The molecule has 2 atom stereocenters. The fourth-order valence-corrected chi connectivity index (χ4v) is 4.81. The Morgan fingerprint density at radius 3 is 2.50 bits per heavy atom. The highest BCUT2D eigenvalue weighted by atomic mass is 15.3. The van der Waals surface area contributed by atoms with Crippen LogP contribution in [0, 0.1) is 30.1 Å². The van der Waals surface area contributed by atoms with Crippen LogP contribution in [0.1, 0.15) is 29.2 Å². The average molecular weight is 346 g/mol. The summed E-state index contributed by atoms with van der Waals surface area (Å²) in [6.45, 7) is 6.28. The van der Waals surface area contributed by atoms with E-state index in [0.717, 1.165) is 50.5 Å². The molecule has 1 aliphatic carbocycles. The molecule has 0 saturated carbocycles. The summed E-state index contributed by atoms with van der Waals surface area (Å²) in [5.41, 5.74) is 4.27. The number of pyridine rings is 1. The van der Waals surface area contributed by atoms with Crippen molar-refractivity contribution in [2.24, 2.45) is 11.8 Å². The fraction of sp³-hybridized carbons (Fsp3) is 0.500. The maximum absolute atomic E-state index is 8.91. The smallest absolute Gasteiger partial charge is 0.140 e. The minimum absolute atomic E-state index is 0.479. The highest BCUT2D eigenvalue weighted by Gasteiger charge is 2.41. The van der Waals surface area contributed by atoms with Crippen LogP contribution in [0.3, 0.4) is 0 Å². The molecule has 0 spiro atoms. The number of fused-ring (bicyclic) bond motifs is 2. The Labute approximate surface area is 153 Å². The number of aromatic nitrogens is 3. The maximum Gasteiger partial charge on any atom is 0.140 e. The third-order valence-corrected chi connectivity index (χ3v) is 6.04. The van der Waals surface area contributed by atoms with Gasteiger partial charge in [0.1, 0.15) is 23.4 Å². The lowest BCUT2D eigenvalue weighted by Gasteiger charge is -2.25. The SMILES string of the molecule is Cc1nc2c(c(N3CC4CN(c5ccc(C#N)nc5)CC4C3)n1)CCC2. The van der Waals surface area contributed by atoms with Crippen molar-refractivity contribution in [3.8, 4) is 6.07 Å². The minimum atomic E-state index is 0.479. The lowest BCUT2D eigenvalue weighted by atomic mass is 10.0. The first-order valence-electron chi connectivity index (χ1n) is 9.43. The number of hydrogen-bond acceptors (Lipinski definition) is 6. The lowest BCUT2D eigenvalue weighted by molar-refractivity contribution is 0.533. The number of nitriles is 1. The van der Waals surface area contributed by atoms with Crippen LogP contribution in [0.4, 0.5) is 11.5 Å². The van der Waals surface area contributed by atoms with Crippen LogP contribution in [0.15, 0.2) is 18.3 Å². The van der Waals surface area contributed by atoms with Crippen molar-refractivity contribution in [2.45, 2.75) is 26.2 Å². The van der Waals surface area contributed by atoms with Gasteiger partial charge in [0.25, 0.3) is 0 Å². The second kappa shape index (κ2) is 5.94. The van der Waals surface area contributed by atoms with Crippen molar-refractivity contribution in [3.05, 3.63) is 41.1 Å². The summed E-state index contributed by atoms with van der Waals surface area (Å²) in [4.78, 5) is 18.6. The largest absolute Gasteiger partial charge is 0.370 e. The van der Waals surface area contributed by atoms with Crippen molar-refractivity contribution in [3.63, 3.8) is 0 Å². The molecule has 2 aromatic heterocycles. The second-order valence-electron chi connectivity index (χ2n) is 7.72. The van der Waals surface area contributed by atoms with E-state index in [1.807, 2.05) is 25.3 Å². The van der Waals surface area contributed by atoms with E-state index < -0.39 is 0 Å². The molecule has 6 nitrogen and oxygen atoms in total. The minimum Gasteiger partial charge on any atom is -0.370 e. The van der Waals surface area contributed by atoms with Crippen molar-refractivity contribution in [1.82, 2.24) is 15.0 Å². The predicted molar refractivity (Wildman–Crippen MR) is 99.2 cm³/mol. The van der Waals surface area contributed by atoms with Crippen molar-refractivity contribution in [1.29, 1.82) is 5.26 Å². The van der Waals surface area contributed by atoms with Crippen molar-refractivity contribution in [2.75, 3.05) is 36.0 Å². The molecular weight excluding hydrogens is 324 g/mol. The summed E-state index contributed by atoms with van der Waals surface area (Å²) in [5.74, 6) is 3.44. The molecule has 2 aliphatic heterocycles. The normalized spacial score (nSPS) is 23.8. The fourth-order valence-electron chi connectivity index (χ4n) is 4.81. The zero-order valence-corrected chi connectivity index (χ0v) is 15.0. The van der Waals surface area contributed by atoms with E-state index in [0.29, 0.717) is 17.5 Å². The van der Waals surface area contributed by atoms with Crippen LogP contribution in [0.25, 0.3) is 0 Å². The summed E-state index contributed by atoms with van der Waals surface area (Å²) in [5, 5.41) is 8.91. The molecule has 2 unspecified atom stereocenters. The van der Waals surface area contributed by atoms with Crippen LogP contribution in [0.2, 0.25) is 0 Å². The van der Waals surface area contributed by atoms with Gasteiger partial charge >= 0.3 is 0 Å². The molecule has 2 fully saturated rings. The second-order valence-corrected chi connectivity index (χ2v) is 7.72. The Balaban J connectivity index is 1.32. The summed E-state index contributed by atoms with van der Waals surface area (Å²) >= 11 is 0. The summed E-state index contributed by atoms with van der Waals surface area (Å²) < 4.78 is 0. The van der Waals surface area contributed by atoms with E-state index in [9.17, 15) is 0 Å². The lowest BCUT2D eigenvalue weighted by Crippen LogP contribution is -2.30. The Hall–Kier alpha value is -2.68.